The fourth-order valence-electron chi connectivity index (χ4n) is 1.62. The van der Waals surface area contributed by atoms with Gasteiger partial charge in [0.1, 0.15) is 0 Å². The summed E-state index contributed by atoms with van der Waals surface area (Å²) < 4.78 is 0. The van der Waals surface area contributed by atoms with Crippen molar-refractivity contribution in [2.45, 2.75) is 39.0 Å². The average Bonchev–Trinajstić information content (AvgIpc) is 2.34. The largest absolute Gasteiger partial charge is 0.481 e. The Labute approximate surface area is 103 Å². The van der Waals surface area contributed by atoms with Crippen molar-refractivity contribution in [1.29, 1.82) is 0 Å². The molecule has 0 aromatic heterocycles. The monoisotopic (exact) mass is 232 g/mol. The summed E-state index contributed by atoms with van der Waals surface area (Å²) in [5.74, 6) is -1.23. The van der Waals surface area contributed by atoms with Gasteiger partial charge in [-0.05, 0) is 24.5 Å². The zero-order valence-corrected chi connectivity index (χ0v) is 10.5. The number of hydrogen-bond acceptors (Lipinski definition) is 1. The van der Waals surface area contributed by atoms with E-state index in [1.54, 1.807) is 6.92 Å². The number of carboxylic acids is 1. The van der Waals surface area contributed by atoms with Crippen LogP contribution in [0.5, 0.6) is 0 Å². The van der Waals surface area contributed by atoms with Crippen LogP contribution >= 0.6 is 0 Å². The van der Waals surface area contributed by atoms with Crippen LogP contribution in [-0.2, 0) is 4.79 Å². The summed E-state index contributed by atoms with van der Waals surface area (Å²) in [6.07, 6.45) is 7.68. The van der Waals surface area contributed by atoms with E-state index < -0.39 is 11.9 Å². The molecule has 1 rings (SSSR count). The molecule has 0 saturated carbocycles. The van der Waals surface area contributed by atoms with Crippen LogP contribution < -0.4 is 0 Å². The number of carbonyl (C=O) groups is 1. The summed E-state index contributed by atoms with van der Waals surface area (Å²) in [6, 6.07) is 7.72. The minimum atomic E-state index is -0.780. The van der Waals surface area contributed by atoms with Gasteiger partial charge >= 0.3 is 5.97 Å². The van der Waals surface area contributed by atoms with Gasteiger partial charge in [0.05, 0.1) is 5.92 Å². The third-order valence-corrected chi connectivity index (χ3v) is 2.82. The Bertz CT molecular complexity index is 394. The molecule has 17 heavy (non-hydrogen) atoms. The first-order chi connectivity index (χ1) is 8.15. The molecular formula is C15H20O2. The Balaban J connectivity index is 2.72. The summed E-state index contributed by atoms with van der Waals surface area (Å²) in [6.45, 7) is 3.88. The number of rotatable bonds is 6. The SMILES string of the molecule is CCCC/C=C/c1cccc(C(C)C(=O)O)c1. The highest BCUT2D eigenvalue weighted by Gasteiger charge is 2.12. The third-order valence-electron chi connectivity index (χ3n) is 2.82. The topological polar surface area (TPSA) is 37.3 Å². The molecule has 0 aliphatic heterocycles. The van der Waals surface area contributed by atoms with Crippen LogP contribution in [0.25, 0.3) is 6.08 Å². The molecule has 2 nitrogen and oxygen atoms in total. The molecule has 2 heteroatoms. The number of benzene rings is 1. The van der Waals surface area contributed by atoms with Gasteiger partial charge in [0, 0.05) is 0 Å². The maximum absolute atomic E-state index is 10.9. The molecule has 0 fully saturated rings. The summed E-state index contributed by atoms with van der Waals surface area (Å²) in [7, 11) is 0. The highest BCUT2D eigenvalue weighted by atomic mass is 16.4. The van der Waals surface area contributed by atoms with Crippen molar-refractivity contribution < 1.29 is 9.90 Å². The summed E-state index contributed by atoms with van der Waals surface area (Å²) in [5.41, 5.74) is 1.93. The van der Waals surface area contributed by atoms with Crippen molar-refractivity contribution in [3.8, 4) is 0 Å². The van der Waals surface area contributed by atoms with Gasteiger partial charge < -0.3 is 5.11 Å². The van der Waals surface area contributed by atoms with E-state index in [1.165, 1.54) is 12.8 Å². The number of aliphatic carboxylic acids is 1. The van der Waals surface area contributed by atoms with Gasteiger partial charge in [-0.1, -0.05) is 56.2 Å². The van der Waals surface area contributed by atoms with Crippen LogP contribution in [0.4, 0.5) is 0 Å². The van der Waals surface area contributed by atoms with E-state index in [2.05, 4.69) is 19.1 Å². The van der Waals surface area contributed by atoms with Crippen LogP contribution in [0.3, 0.4) is 0 Å². The molecule has 0 amide bonds. The molecule has 0 heterocycles. The molecule has 0 spiro atoms. The van der Waals surface area contributed by atoms with E-state index >= 15 is 0 Å². The summed E-state index contributed by atoms with van der Waals surface area (Å²) >= 11 is 0. The van der Waals surface area contributed by atoms with E-state index in [1.807, 2.05) is 24.3 Å². The minimum Gasteiger partial charge on any atom is -0.481 e. The van der Waals surface area contributed by atoms with Gasteiger partial charge in [0.25, 0.3) is 0 Å². The highest BCUT2D eigenvalue weighted by molar-refractivity contribution is 5.75. The van der Waals surface area contributed by atoms with Crippen molar-refractivity contribution in [3.63, 3.8) is 0 Å². The minimum absolute atomic E-state index is 0.445. The second kappa shape index (κ2) is 6.89. The first kappa shape index (κ1) is 13.5. The first-order valence-electron chi connectivity index (χ1n) is 6.14. The zero-order valence-electron chi connectivity index (χ0n) is 10.5. The van der Waals surface area contributed by atoms with Crippen LogP contribution in [0, 0.1) is 0 Å². The molecule has 1 aromatic rings. The van der Waals surface area contributed by atoms with Gasteiger partial charge in [-0.15, -0.1) is 0 Å². The number of allylic oxidation sites excluding steroid dienone is 1. The standard InChI is InChI=1S/C15H20O2/c1-3-4-5-6-8-13-9-7-10-14(11-13)12(2)15(16)17/h6-12H,3-5H2,1-2H3,(H,16,17)/b8-6+. The van der Waals surface area contributed by atoms with Gasteiger partial charge in [0.15, 0.2) is 0 Å². The maximum atomic E-state index is 10.9. The lowest BCUT2D eigenvalue weighted by atomic mass is 9.99. The Morgan fingerprint density at radius 1 is 1.47 bits per heavy atom. The van der Waals surface area contributed by atoms with E-state index in [-0.39, 0.29) is 0 Å². The van der Waals surface area contributed by atoms with E-state index in [4.69, 9.17) is 5.11 Å². The maximum Gasteiger partial charge on any atom is 0.310 e. The normalized spacial score (nSPS) is 12.8. The van der Waals surface area contributed by atoms with Crippen molar-refractivity contribution in [1.82, 2.24) is 0 Å². The molecular weight excluding hydrogens is 212 g/mol. The first-order valence-corrected chi connectivity index (χ1v) is 6.14. The fourth-order valence-corrected chi connectivity index (χ4v) is 1.62. The van der Waals surface area contributed by atoms with Crippen molar-refractivity contribution >= 4 is 12.0 Å². The Morgan fingerprint density at radius 3 is 2.88 bits per heavy atom. The van der Waals surface area contributed by atoms with Crippen LogP contribution in [-0.4, -0.2) is 11.1 Å². The smallest absolute Gasteiger partial charge is 0.310 e. The van der Waals surface area contributed by atoms with Crippen molar-refractivity contribution in [3.05, 3.63) is 41.5 Å². The molecule has 92 valence electrons. The van der Waals surface area contributed by atoms with Gasteiger partial charge in [0.2, 0.25) is 0 Å². The Morgan fingerprint density at radius 2 is 2.24 bits per heavy atom. The lowest BCUT2D eigenvalue weighted by Gasteiger charge is -2.06. The van der Waals surface area contributed by atoms with Gasteiger partial charge in [-0.3, -0.25) is 4.79 Å². The number of unbranched alkanes of at least 4 members (excludes halogenated alkanes) is 2. The fraction of sp³-hybridized carbons (Fsp3) is 0.400. The third kappa shape index (κ3) is 4.43. The lowest BCUT2D eigenvalue weighted by molar-refractivity contribution is -0.138. The molecule has 0 radical (unpaired) electrons. The molecule has 0 bridgehead atoms. The average molecular weight is 232 g/mol. The van der Waals surface area contributed by atoms with Gasteiger partial charge in [-0.25, -0.2) is 0 Å². The second-order valence-corrected chi connectivity index (χ2v) is 4.27. The highest BCUT2D eigenvalue weighted by Crippen LogP contribution is 2.17. The number of carboxylic acid groups (broad SMARTS) is 1. The van der Waals surface area contributed by atoms with Gasteiger partial charge in [-0.2, -0.15) is 0 Å². The Hall–Kier alpha value is -1.57. The van der Waals surface area contributed by atoms with E-state index in [0.29, 0.717) is 0 Å². The molecule has 1 N–H and O–H groups in total. The molecule has 1 unspecified atom stereocenters. The van der Waals surface area contributed by atoms with Crippen molar-refractivity contribution in [2.24, 2.45) is 0 Å². The van der Waals surface area contributed by atoms with Crippen LogP contribution in [0.1, 0.15) is 50.2 Å². The second-order valence-electron chi connectivity index (χ2n) is 4.27. The molecule has 0 saturated heterocycles. The summed E-state index contributed by atoms with van der Waals surface area (Å²) in [4.78, 5) is 10.9. The zero-order chi connectivity index (χ0) is 12.7. The lowest BCUT2D eigenvalue weighted by Crippen LogP contribution is -2.07. The summed E-state index contributed by atoms with van der Waals surface area (Å²) in [5, 5.41) is 8.95. The quantitative estimate of drug-likeness (QED) is 0.750. The van der Waals surface area contributed by atoms with E-state index in [9.17, 15) is 4.79 Å². The number of hydrogen-bond donors (Lipinski definition) is 1. The molecule has 1 aromatic carbocycles. The van der Waals surface area contributed by atoms with E-state index in [0.717, 1.165) is 17.5 Å². The predicted octanol–water partition coefficient (Wildman–Crippen LogP) is 4.08. The van der Waals surface area contributed by atoms with Crippen molar-refractivity contribution in [2.75, 3.05) is 0 Å². The molecule has 1 atom stereocenters. The predicted molar refractivity (Wildman–Crippen MR) is 71.1 cm³/mol. The van der Waals surface area contributed by atoms with Crippen LogP contribution in [0.15, 0.2) is 30.3 Å². The molecule has 0 aliphatic carbocycles. The molecule has 0 aliphatic rings. The Kier molecular flexibility index (Phi) is 5.47. The van der Waals surface area contributed by atoms with Crippen LogP contribution in [0.2, 0.25) is 0 Å².